The van der Waals surface area contributed by atoms with E-state index in [9.17, 15) is 4.79 Å². The van der Waals surface area contributed by atoms with Crippen molar-refractivity contribution in [3.8, 4) is 0 Å². The Morgan fingerprint density at radius 2 is 2.11 bits per heavy atom. The van der Waals surface area contributed by atoms with Crippen LogP contribution < -0.4 is 5.32 Å². The number of oxime groups is 1. The van der Waals surface area contributed by atoms with Gasteiger partial charge in [0.05, 0.1) is 0 Å². The summed E-state index contributed by atoms with van der Waals surface area (Å²) in [5.41, 5.74) is 3.66. The van der Waals surface area contributed by atoms with Crippen LogP contribution in [0.25, 0.3) is 0 Å². The molecule has 0 unspecified atom stereocenters. The number of aryl methyl sites for hydroxylation is 1. The van der Waals surface area contributed by atoms with E-state index in [4.69, 9.17) is 4.84 Å². The maximum atomic E-state index is 12.4. The SMILES string of the molecule is Cc1ccc(CN2CC[C@]3(CC(C(=O)NCc4cccnc4)=NO3)C2)cc1. The number of hydrogen-bond acceptors (Lipinski definition) is 5. The minimum Gasteiger partial charge on any atom is -0.387 e. The fourth-order valence-corrected chi connectivity index (χ4v) is 3.66. The molecule has 0 radical (unpaired) electrons. The average Bonchev–Trinajstić information content (AvgIpc) is 3.29. The van der Waals surface area contributed by atoms with E-state index in [1.807, 2.05) is 12.1 Å². The van der Waals surface area contributed by atoms with Gasteiger partial charge in [-0.25, -0.2) is 0 Å². The van der Waals surface area contributed by atoms with Gasteiger partial charge in [-0.2, -0.15) is 0 Å². The highest BCUT2D eigenvalue weighted by molar-refractivity contribution is 6.39. The summed E-state index contributed by atoms with van der Waals surface area (Å²) in [6, 6.07) is 12.4. The third-order valence-corrected chi connectivity index (χ3v) is 5.20. The average molecular weight is 364 g/mol. The molecule has 1 aromatic heterocycles. The lowest BCUT2D eigenvalue weighted by Crippen LogP contribution is -2.36. The maximum absolute atomic E-state index is 12.4. The minimum absolute atomic E-state index is 0.160. The monoisotopic (exact) mass is 364 g/mol. The van der Waals surface area contributed by atoms with Gasteiger partial charge >= 0.3 is 0 Å². The lowest BCUT2D eigenvalue weighted by atomic mass is 9.96. The van der Waals surface area contributed by atoms with Crippen LogP contribution in [0.2, 0.25) is 0 Å². The Hall–Kier alpha value is -2.73. The molecule has 1 N–H and O–H groups in total. The van der Waals surface area contributed by atoms with Crippen LogP contribution in [-0.4, -0.2) is 40.2 Å². The molecule has 140 valence electrons. The molecule has 2 aliphatic rings. The normalized spacial score (nSPS) is 21.9. The van der Waals surface area contributed by atoms with Gasteiger partial charge in [0.25, 0.3) is 5.91 Å². The number of benzene rings is 1. The third kappa shape index (κ3) is 4.17. The molecule has 1 aromatic carbocycles. The Morgan fingerprint density at radius 3 is 2.89 bits per heavy atom. The van der Waals surface area contributed by atoms with Crippen LogP contribution in [0.15, 0.2) is 53.9 Å². The van der Waals surface area contributed by atoms with Crippen LogP contribution in [-0.2, 0) is 22.7 Å². The van der Waals surface area contributed by atoms with Gasteiger partial charge in [-0.15, -0.1) is 0 Å². The molecule has 4 rings (SSSR count). The van der Waals surface area contributed by atoms with Crippen LogP contribution in [0.3, 0.4) is 0 Å². The van der Waals surface area contributed by atoms with E-state index in [-0.39, 0.29) is 11.5 Å². The minimum atomic E-state index is -0.355. The Bertz CT molecular complexity index is 835. The lowest BCUT2D eigenvalue weighted by molar-refractivity contribution is -0.115. The van der Waals surface area contributed by atoms with Crippen molar-refractivity contribution < 1.29 is 9.63 Å². The smallest absolute Gasteiger partial charge is 0.269 e. The van der Waals surface area contributed by atoms with Crippen molar-refractivity contribution in [2.24, 2.45) is 5.16 Å². The Balaban J connectivity index is 1.29. The predicted octanol–water partition coefficient (Wildman–Crippen LogP) is 2.43. The molecular weight excluding hydrogens is 340 g/mol. The van der Waals surface area contributed by atoms with Crippen LogP contribution in [0, 0.1) is 6.92 Å². The predicted molar refractivity (Wildman–Crippen MR) is 103 cm³/mol. The van der Waals surface area contributed by atoms with E-state index in [0.717, 1.165) is 31.6 Å². The molecule has 1 spiro atoms. The maximum Gasteiger partial charge on any atom is 0.269 e. The molecule has 6 heteroatoms. The first-order chi connectivity index (χ1) is 13.1. The molecule has 0 aliphatic carbocycles. The van der Waals surface area contributed by atoms with Crippen molar-refractivity contribution in [1.82, 2.24) is 15.2 Å². The number of carbonyl (C=O) groups is 1. The summed E-state index contributed by atoms with van der Waals surface area (Å²) < 4.78 is 0. The zero-order chi connectivity index (χ0) is 18.7. The van der Waals surface area contributed by atoms with Gasteiger partial charge in [0.15, 0.2) is 5.60 Å². The van der Waals surface area contributed by atoms with Gasteiger partial charge in [-0.1, -0.05) is 41.1 Å². The summed E-state index contributed by atoms with van der Waals surface area (Å²) in [7, 11) is 0. The van der Waals surface area contributed by atoms with Gasteiger partial charge in [-0.05, 0) is 24.1 Å². The number of hydrogen-bond donors (Lipinski definition) is 1. The van der Waals surface area contributed by atoms with Crippen LogP contribution in [0.4, 0.5) is 0 Å². The molecule has 0 saturated carbocycles. The third-order valence-electron chi connectivity index (χ3n) is 5.20. The molecule has 1 saturated heterocycles. The highest BCUT2D eigenvalue weighted by Gasteiger charge is 2.46. The number of amides is 1. The van der Waals surface area contributed by atoms with Crippen molar-refractivity contribution in [1.29, 1.82) is 0 Å². The van der Waals surface area contributed by atoms with Gasteiger partial charge in [0, 0.05) is 51.4 Å². The Kier molecular flexibility index (Phi) is 4.90. The van der Waals surface area contributed by atoms with Crippen LogP contribution >= 0.6 is 0 Å². The largest absolute Gasteiger partial charge is 0.387 e. The summed E-state index contributed by atoms with van der Waals surface area (Å²) in [6.45, 7) is 5.18. The molecule has 1 fully saturated rings. The first-order valence-electron chi connectivity index (χ1n) is 9.32. The summed E-state index contributed by atoms with van der Waals surface area (Å²) in [6.07, 6.45) is 4.92. The van der Waals surface area contributed by atoms with Crippen molar-refractivity contribution in [2.45, 2.75) is 38.5 Å². The van der Waals surface area contributed by atoms with Crippen molar-refractivity contribution in [2.75, 3.05) is 13.1 Å². The molecule has 2 aliphatic heterocycles. The second-order valence-electron chi connectivity index (χ2n) is 7.48. The van der Waals surface area contributed by atoms with E-state index in [1.54, 1.807) is 12.4 Å². The number of nitrogens with one attached hydrogen (secondary N) is 1. The number of nitrogens with zero attached hydrogens (tertiary/aromatic N) is 3. The van der Waals surface area contributed by atoms with Crippen molar-refractivity contribution in [3.05, 3.63) is 65.5 Å². The summed E-state index contributed by atoms with van der Waals surface area (Å²) >= 11 is 0. The summed E-state index contributed by atoms with van der Waals surface area (Å²) in [5.74, 6) is -0.160. The van der Waals surface area contributed by atoms with Gasteiger partial charge in [-0.3, -0.25) is 14.7 Å². The first-order valence-corrected chi connectivity index (χ1v) is 9.32. The number of pyridine rings is 1. The van der Waals surface area contributed by atoms with Crippen molar-refractivity contribution in [3.63, 3.8) is 0 Å². The summed E-state index contributed by atoms with van der Waals surface area (Å²) in [5, 5.41) is 7.00. The fourth-order valence-electron chi connectivity index (χ4n) is 3.66. The molecule has 0 bridgehead atoms. The molecule has 1 amide bonds. The quantitative estimate of drug-likeness (QED) is 0.885. The Labute approximate surface area is 159 Å². The van der Waals surface area contributed by atoms with Gasteiger partial charge < -0.3 is 10.2 Å². The van der Waals surface area contributed by atoms with E-state index >= 15 is 0 Å². The van der Waals surface area contributed by atoms with Crippen LogP contribution in [0.5, 0.6) is 0 Å². The summed E-state index contributed by atoms with van der Waals surface area (Å²) in [4.78, 5) is 24.6. The molecular formula is C21H24N4O2. The second kappa shape index (κ2) is 7.48. The molecule has 2 aromatic rings. The zero-order valence-electron chi connectivity index (χ0n) is 15.5. The molecule has 3 heterocycles. The Morgan fingerprint density at radius 1 is 1.26 bits per heavy atom. The fraction of sp³-hybridized carbons (Fsp3) is 0.381. The number of rotatable bonds is 5. The van der Waals surface area contributed by atoms with Gasteiger partial charge in [0.2, 0.25) is 0 Å². The van der Waals surface area contributed by atoms with Crippen molar-refractivity contribution >= 4 is 11.6 Å². The van der Waals surface area contributed by atoms with E-state index in [0.29, 0.717) is 18.7 Å². The number of aromatic nitrogens is 1. The van der Waals surface area contributed by atoms with E-state index < -0.39 is 0 Å². The van der Waals surface area contributed by atoms with Crippen LogP contribution in [0.1, 0.15) is 29.5 Å². The zero-order valence-corrected chi connectivity index (χ0v) is 15.5. The lowest BCUT2D eigenvalue weighted by Gasteiger charge is -2.21. The molecule has 1 atom stereocenters. The highest BCUT2D eigenvalue weighted by atomic mass is 16.7. The van der Waals surface area contributed by atoms with Gasteiger partial charge in [0.1, 0.15) is 5.71 Å². The standard InChI is InChI=1S/C21H24N4O2/c1-16-4-6-17(7-5-16)14-25-10-8-21(15-25)11-19(24-27-21)20(26)23-13-18-3-2-9-22-12-18/h2-7,9,12H,8,10-11,13-15H2,1H3,(H,23,26)/t21-/m0/s1. The van der Waals surface area contributed by atoms with E-state index in [2.05, 4.69) is 51.5 Å². The first kappa shape index (κ1) is 17.7. The topological polar surface area (TPSA) is 66.8 Å². The molecule has 27 heavy (non-hydrogen) atoms. The number of likely N-dealkylation sites (tertiary alicyclic amines) is 1. The second-order valence-corrected chi connectivity index (χ2v) is 7.48. The highest BCUT2D eigenvalue weighted by Crippen LogP contribution is 2.34. The number of carbonyl (C=O) groups excluding carboxylic acids is 1. The van der Waals surface area contributed by atoms with E-state index in [1.165, 1.54) is 11.1 Å². The molecule has 6 nitrogen and oxygen atoms in total.